The molecule has 0 aromatic heterocycles. The van der Waals surface area contributed by atoms with Gasteiger partial charge < -0.3 is 10.1 Å². The number of likely N-dealkylation sites (N-methyl/N-ethyl adjacent to an activating group) is 1. The molecule has 1 atom stereocenters. The minimum Gasteiger partial charge on any atom is -0.497 e. The fourth-order valence-corrected chi connectivity index (χ4v) is 2.98. The summed E-state index contributed by atoms with van der Waals surface area (Å²) in [6, 6.07) is 7.36. The lowest BCUT2D eigenvalue weighted by Gasteiger charge is -2.29. The molecule has 1 aliphatic rings. The summed E-state index contributed by atoms with van der Waals surface area (Å²) < 4.78 is 5.13. The van der Waals surface area contributed by atoms with Gasteiger partial charge in [-0.15, -0.1) is 12.4 Å². The number of halogens is 1. The molecule has 1 aliphatic carbocycles. The normalized spacial score (nSPS) is 17.1. The van der Waals surface area contributed by atoms with Crippen LogP contribution >= 0.6 is 12.4 Å². The maximum Gasteiger partial charge on any atom is 0.180 e. The molecule has 0 saturated heterocycles. The molecule has 0 aliphatic heterocycles. The highest BCUT2D eigenvalue weighted by atomic mass is 35.5. The van der Waals surface area contributed by atoms with Crippen molar-refractivity contribution in [2.45, 2.75) is 38.1 Å². The molecule has 112 valence electrons. The van der Waals surface area contributed by atoms with Crippen molar-refractivity contribution in [1.29, 1.82) is 0 Å². The van der Waals surface area contributed by atoms with Crippen LogP contribution in [0.15, 0.2) is 24.3 Å². The summed E-state index contributed by atoms with van der Waals surface area (Å²) in [5.74, 6) is 1.47. The Bertz CT molecular complexity index is 413. The predicted octanol–water partition coefficient (Wildman–Crippen LogP) is 3.47. The number of carbonyl (C=O) groups excluding carboxylic acids is 1. The molecule has 1 fully saturated rings. The lowest BCUT2D eigenvalue weighted by Crippen LogP contribution is -2.41. The van der Waals surface area contributed by atoms with Crippen LogP contribution in [0.25, 0.3) is 0 Å². The SMILES string of the molecule is CNC(C(=O)c1ccc(OC)cc1)C1CCCCC1.Cl. The molecule has 1 saturated carbocycles. The number of hydrogen-bond acceptors (Lipinski definition) is 3. The summed E-state index contributed by atoms with van der Waals surface area (Å²) in [5, 5.41) is 3.22. The van der Waals surface area contributed by atoms with E-state index in [4.69, 9.17) is 4.74 Å². The highest BCUT2D eigenvalue weighted by Crippen LogP contribution is 2.28. The maximum atomic E-state index is 12.6. The van der Waals surface area contributed by atoms with E-state index in [0.29, 0.717) is 5.92 Å². The zero-order valence-corrected chi connectivity index (χ0v) is 13.0. The molecule has 4 heteroatoms. The molecule has 1 aromatic carbocycles. The van der Waals surface area contributed by atoms with E-state index in [-0.39, 0.29) is 24.2 Å². The summed E-state index contributed by atoms with van der Waals surface area (Å²) in [7, 11) is 3.52. The molecule has 20 heavy (non-hydrogen) atoms. The van der Waals surface area contributed by atoms with E-state index in [1.807, 2.05) is 31.3 Å². The van der Waals surface area contributed by atoms with Gasteiger partial charge in [0.1, 0.15) is 5.75 Å². The second-order valence-electron chi connectivity index (χ2n) is 5.26. The van der Waals surface area contributed by atoms with E-state index >= 15 is 0 Å². The van der Waals surface area contributed by atoms with Crippen molar-refractivity contribution in [3.8, 4) is 5.75 Å². The van der Waals surface area contributed by atoms with Crippen LogP contribution in [-0.4, -0.2) is 26.0 Å². The number of methoxy groups -OCH3 is 1. The van der Waals surface area contributed by atoms with E-state index in [1.54, 1.807) is 7.11 Å². The van der Waals surface area contributed by atoms with E-state index < -0.39 is 0 Å². The number of hydrogen-bond donors (Lipinski definition) is 1. The van der Waals surface area contributed by atoms with Crippen LogP contribution in [0.3, 0.4) is 0 Å². The summed E-state index contributed by atoms with van der Waals surface area (Å²) in [5.41, 5.74) is 0.769. The number of benzene rings is 1. The quantitative estimate of drug-likeness (QED) is 0.846. The molecule has 1 unspecified atom stereocenters. The van der Waals surface area contributed by atoms with Gasteiger partial charge in [-0.3, -0.25) is 4.79 Å². The third-order valence-electron chi connectivity index (χ3n) is 4.09. The van der Waals surface area contributed by atoms with Crippen LogP contribution in [0.5, 0.6) is 5.75 Å². The van der Waals surface area contributed by atoms with Crippen LogP contribution in [-0.2, 0) is 0 Å². The zero-order valence-electron chi connectivity index (χ0n) is 12.2. The zero-order chi connectivity index (χ0) is 13.7. The van der Waals surface area contributed by atoms with E-state index in [0.717, 1.165) is 24.2 Å². The van der Waals surface area contributed by atoms with Crippen molar-refractivity contribution in [3.63, 3.8) is 0 Å². The summed E-state index contributed by atoms with van der Waals surface area (Å²) in [6.07, 6.45) is 6.13. The Morgan fingerprint density at radius 1 is 1.20 bits per heavy atom. The second kappa shape index (κ2) is 8.28. The molecule has 1 aromatic rings. The Balaban J connectivity index is 0.00000200. The Kier molecular flexibility index (Phi) is 7.03. The van der Waals surface area contributed by atoms with Gasteiger partial charge in [-0.25, -0.2) is 0 Å². The third-order valence-corrected chi connectivity index (χ3v) is 4.09. The first-order chi connectivity index (χ1) is 9.26. The number of rotatable bonds is 5. The second-order valence-corrected chi connectivity index (χ2v) is 5.26. The van der Waals surface area contributed by atoms with Crippen LogP contribution in [0.4, 0.5) is 0 Å². The van der Waals surface area contributed by atoms with Crippen molar-refractivity contribution in [2.75, 3.05) is 14.2 Å². The molecule has 0 amide bonds. The highest BCUT2D eigenvalue weighted by molar-refractivity contribution is 6.00. The number of ether oxygens (including phenoxy) is 1. The fraction of sp³-hybridized carbons (Fsp3) is 0.562. The van der Waals surface area contributed by atoms with Gasteiger partial charge in [-0.05, 0) is 50.1 Å². The standard InChI is InChI=1S/C16H23NO2.ClH/c1-17-15(12-6-4-3-5-7-12)16(18)13-8-10-14(19-2)11-9-13;/h8-12,15,17H,3-7H2,1-2H3;1H. The first-order valence-corrected chi connectivity index (χ1v) is 7.12. The monoisotopic (exact) mass is 297 g/mol. The van der Waals surface area contributed by atoms with Crippen LogP contribution in [0.2, 0.25) is 0 Å². The largest absolute Gasteiger partial charge is 0.497 e. The first-order valence-electron chi connectivity index (χ1n) is 7.12. The number of ketones is 1. The van der Waals surface area contributed by atoms with E-state index in [9.17, 15) is 4.79 Å². The van der Waals surface area contributed by atoms with Crippen molar-refractivity contribution >= 4 is 18.2 Å². The predicted molar refractivity (Wildman–Crippen MR) is 84.0 cm³/mol. The lowest BCUT2D eigenvalue weighted by atomic mass is 9.81. The van der Waals surface area contributed by atoms with Crippen molar-refractivity contribution < 1.29 is 9.53 Å². The molecule has 0 radical (unpaired) electrons. The van der Waals surface area contributed by atoms with Crippen molar-refractivity contribution in [1.82, 2.24) is 5.32 Å². The molecule has 2 rings (SSSR count). The topological polar surface area (TPSA) is 38.3 Å². The van der Waals surface area contributed by atoms with Gasteiger partial charge in [0.25, 0.3) is 0 Å². The summed E-state index contributed by atoms with van der Waals surface area (Å²) >= 11 is 0. The smallest absolute Gasteiger partial charge is 0.180 e. The van der Waals surface area contributed by atoms with Crippen molar-refractivity contribution in [2.24, 2.45) is 5.92 Å². The van der Waals surface area contributed by atoms with Gasteiger partial charge in [0.15, 0.2) is 5.78 Å². The van der Waals surface area contributed by atoms with Crippen LogP contribution in [0.1, 0.15) is 42.5 Å². The summed E-state index contributed by atoms with van der Waals surface area (Å²) in [6.45, 7) is 0. The molecule has 0 bridgehead atoms. The molecular weight excluding hydrogens is 274 g/mol. The highest BCUT2D eigenvalue weighted by Gasteiger charge is 2.28. The fourth-order valence-electron chi connectivity index (χ4n) is 2.98. The average Bonchev–Trinajstić information content (AvgIpc) is 2.49. The van der Waals surface area contributed by atoms with Crippen LogP contribution in [0, 0.1) is 5.92 Å². The maximum absolute atomic E-state index is 12.6. The lowest BCUT2D eigenvalue weighted by molar-refractivity contribution is 0.0893. The minimum atomic E-state index is -0.0475. The number of Topliss-reactive ketones (excluding diaryl/α,β-unsaturated/α-hetero) is 1. The Morgan fingerprint density at radius 2 is 1.80 bits per heavy atom. The summed E-state index contributed by atoms with van der Waals surface area (Å²) in [4.78, 5) is 12.6. The molecule has 0 spiro atoms. The first kappa shape index (κ1) is 17.0. The minimum absolute atomic E-state index is 0. The molecule has 1 N–H and O–H groups in total. The van der Waals surface area contributed by atoms with E-state index in [2.05, 4.69) is 5.32 Å². The number of nitrogens with one attached hydrogen (secondary N) is 1. The van der Waals surface area contributed by atoms with Crippen LogP contribution < -0.4 is 10.1 Å². The third kappa shape index (κ3) is 3.97. The van der Waals surface area contributed by atoms with Gasteiger partial charge in [0, 0.05) is 5.56 Å². The Morgan fingerprint density at radius 3 is 2.30 bits per heavy atom. The van der Waals surface area contributed by atoms with Gasteiger partial charge in [0.05, 0.1) is 13.2 Å². The molecule has 3 nitrogen and oxygen atoms in total. The van der Waals surface area contributed by atoms with Gasteiger partial charge >= 0.3 is 0 Å². The Labute approximate surface area is 127 Å². The van der Waals surface area contributed by atoms with Gasteiger partial charge in [-0.2, -0.15) is 0 Å². The number of carbonyl (C=O) groups is 1. The van der Waals surface area contributed by atoms with Gasteiger partial charge in [-0.1, -0.05) is 19.3 Å². The van der Waals surface area contributed by atoms with Crippen molar-refractivity contribution in [3.05, 3.63) is 29.8 Å². The molecular formula is C16H24ClNO2. The van der Waals surface area contributed by atoms with Gasteiger partial charge in [0.2, 0.25) is 0 Å². The average molecular weight is 298 g/mol. The Hall–Kier alpha value is -1.06. The molecule has 0 heterocycles. The van der Waals surface area contributed by atoms with E-state index in [1.165, 1.54) is 19.3 Å².